The van der Waals surface area contributed by atoms with Gasteiger partial charge < -0.3 is 14.5 Å². The first-order chi connectivity index (χ1) is 11.3. The molecule has 2 heterocycles. The van der Waals surface area contributed by atoms with Gasteiger partial charge in [0, 0.05) is 31.9 Å². The fourth-order valence-electron chi connectivity index (χ4n) is 3.53. The van der Waals surface area contributed by atoms with Crippen LogP contribution in [0.15, 0.2) is 12.3 Å². The molecule has 0 aromatic carbocycles. The predicted octanol–water partition coefficient (Wildman–Crippen LogP) is 3.41. The standard InChI is InChI=1S/C19H29N3O2/c1-14-13-21(9-10-22(14)18(23)24-19(2,3)4)17-11-15-7-5-6-8-16(15)12-20-17/h11-12,14H,5-10,13H2,1-4H3/t14-/m1/s1. The van der Waals surface area contributed by atoms with E-state index in [1.165, 1.54) is 24.0 Å². The van der Waals surface area contributed by atoms with Crippen molar-refractivity contribution in [1.29, 1.82) is 0 Å². The number of ether oxygens (including phenoxy) is 1. The van der Waals surface area contributed by atoms with E-state index in [4.69, 9.17) is 4.74 Å². The van der Waals surface area contributed by atoms with Gasteiger partial charge in [0.1, 0.15) is 11.4 Å². The Kier molecular flexibility index (Phi) is 4.70. The highest BCUT2D eigenvalue weighted by Crippen LogP contribution is 2.26. The molecule has 1 atom stereocenters. The van der Waals surface area contributed by atoms with Gasteiger partial charge in [-0.2, -0.15) is 0 Å². The van der Waals surface area contributed by atoms with Crippen molar-refractivity contribution < 1.29 is 9.53 Å². The minimum atomic E-state index is -0.450. The lowest BCUT2D eigenvalue weighted by molar-refractivity contribution is 0.0158. The summed E-state index contributed by atoms with van der Waals surface area (Å²) in [4.78, 5) is 21.1. The molecule has 5 nitrogen and oxygen atoms in total. The van der Waals surface area contributed by atoms with Crippen LogP contribution in [-0.4, -0.2) is 47.3 Å². The number of pyridine rings is 1. The number of nitrogens with zero attached hydrogens (tertiary/aromatic N) is 3. The SMILES string of the molecule is C[C@@H]1CN(c2cc3c(cn2)CCCC3)CCN1C(=O)OC(C)(C)C. The van der Waals surface area contributed by atoms with Gasteiger partial charge in [-0.25, -0.2) is 9.78 Å². The molecule has 0 unspecified atom stereocenters. The Balaban J connectivity index is 1.66. The minimum Gasteiger partial charge on any atom is -0.444 e. The van der Waals surface area contributed by atoms with Crippen molar-refractivity contribution in [3.63, 3.8) is 0 Å². The van der Waals surface area contributed by atoms with Gasteiger partial charge in [-0.15, -0.1) is 0 Å². The van der Waals surface area contributed by atoms with E-state index in [1.807, 2.05) is 25.7 Å². The van der Waals surface area contributed by atoms with Crippen LogP contribution < -0.4 is 4.90 Å². The van der Waals surface area contributed by atoms with Crippen LogP contribution in [0.3, 0.4) is 0 Å². The van der Waals surface area contributed by atoms with E-state index in [-0.39, 0.29) is 12.1 Å². The predicted molar refractivity (Wildman–Crippen MR) is 95.5 cm³/mol. The average Bonchev–Trinajstić information content (AvgIpc) is 2.52. The Labute approximate surface area is 145 Å². The molecule has 1 aromatic rings. The smallest absolute Gasteiger partial charge is 0.410 e. The van der Waals surface area contributed by atoms with Crippen LogP contribution in [0.4, 0.5) is 10.6 Å². The monoisotopic (exact) mass is 331 g/mol. The Morgan fingerprint density at radius 1 is 1.21 bits per heavy atom. The molecule has 1 aromatic heterocycles. The fourth-order valence-corrected chi connectivity index (χ4v) is 3.53. The number of rotatable bonds is 1. The Morgan fingerprint density at radius 3 is 2.58 bits per heavy atom. The molecule has 1 fully saturated rings. The number of piperazine rings is 1. The summed E-state index contributed by atoms with van der Waals surface area (Å²) >= 11 is 0. The lowest BCUT2D eigenvalue weighted by Crippen LogP contribution is -2.55. The summed E-state index contributed by atoms with van der Waals surface area (Å²) in [6, 6.07) is 2.37. The van der Waals surface area contributed by atoms with E-state index < -0.39 is 5.60 Å². The Bertz CT molecular complexity index is 609. The number of amides is 1. The summed E-state index contributed by atoms with van der Waals surface area (Å²) in [5.41, 5.74) is 2.41. The third-order valence-electron chi connectivity index (χ3n) is 4.79. The first-order valence-electron chi connectivity index (χ1n) is 9.06. The van der Waals surface area contributed by atoms with E-state index in [0.29, 0.717) is 6.54 Å². The molecule has 0 saturated carbocycles. The van der Waals surface area contributed by atoms with Crippen molar-refractivity contribution in [3.05, 3.63) is 23.4 Å². The van der Waals surface area contributed by atoms with Crippen LogP contribution >= 0.6 is 0 Å². The van der Waals surface area contributed by atoms with E-state index in [1.54, 1.807) is 0 Å². The third-order valence-corrected chi connectivity index (χ3v) is 4.79. The molecular formula is C19H29N3O2. The molecule has 0 spiro atoms. The zero-order chi connectivity index (χ0) is 17.3. The van der Waals surface area contributed by atoms with Gasteiger partial charge in [-0.3, -0.25) is 0 Å². The number of aromatic nitrogens is 1. The molecular weight excluding hydrogens is 302 g/mol. The maximum Gasteiger partial charge on any atom is 0.410 e. The first-order valence-corrected chi connectivity index (χ1v) is 9.06. The highest BCUT2D eigenvalue weighted by molar-refractivity contribution is 5.69. The van der Waals surface area contributed by atoms with Crippen molar-refractivity contribution in [2.45, 2.75) is 65.0 Å². The molecule has 132 valence electrons. The van der Waals surface area contributed by atoms with Gasteiger partial charge in [0.15, 0.2) is 0 Å². The second-order valence-corrected chi connectivity index (χ2v) is 7.99. The molecule has 5 heteroatoms. The topological polar surface area (TPSA) is 45.7 Å². The second-order valence-electron chi connectivity index (χ2n) is 7.99. The molecule has 1 amide bonds. The average molecular weight is 331 g/mol. The zero-order valence-corrected chi connectivity index (χ0v) is 15.3. The van der Waals surface area contributed by atoms with Crippen LogP contribution in [0.1, 0.15) is 51.7 Å². The van der Waals surface area contributed by atoms with Gasteiger partial charge in [-0.05, 0) is 70.6 Å². The lowest BCUT2D eigenvalue weighted by atomic mass is 9.93. The lowest BCUT2D eigenvalue weighted by Gasteiger charge is -2.40. The quantitative estimate of drug-likeness (QED) is 0.791. The number of carbonyl (C=O) groups is 1. The first kappa shape index (κ1) is 17.1. The van der Waals surface area contributed by atoms with E-state index in [0.717, 1.165) is 31.7 Å². The Hall–Kier alpha value is -1.78. The molecule has 1 aliphatic heterocycles. The molecule has 0 radical (unpaired) electrons. The summed E-state index contributed by atoms with van der Waals surface area (Å²) in [5.74, 6) is 1.05. The second kappa shape index (κ2) is 6.61. The molecule has 24 heavy (non-hydrogen) atoms. The number of anilines is 1. The number of hydrogen-bond acceptors (Lipinski definition) is 4. The highest BCUT2D eigenvalue weighted by Gasteiger charge is 2.31. The van der Waals surface area contributed by atoms with Gasteiger partial charge in [-0.1, -0.05) is 0 Å². The summed E-state index contributed by atoms with van der Waals surface area (Å²) in [6.45, 7) is 10.1. The van der Waals surface area contributed by atoms with Crippen LogP contribution in [-0.2, 0) is 17.6 Å². The Morgan fingerprint density at radius 2 is 1.92 bits per heavy atom. The van der Waals surface area contributed by atoms with Crippen molar-refractivity contribution in [2.24, 2.45) is 0 Å². The maximum absolute atomic E-state index is 12.3. The van der Waals surface area contributed by atoms with Crippen LogP contribution in [0.2, 0.25) is 0 Å². The van der Waals surface area contributed by atoms with Crippen molar-refractivity contribution in [1.82, 2.24) is 9.88 Å². The van der Waals surface area contributed by atoms with E-state index in [2.05, 4.69) is 29.1 Å². The van der Waals surface area contributed by atoms with Gasteiger partial charge >= 0.3 is 6.09 Å². The third kappa shape index (κ3) is 3.82. The molecule has 3 rings (SSSR count). The highest BCUT2D eigenvalue weighted by atomic mass is 16.6. The fraction of sp³-hybridized carbons (Fsp3) is 0.684. The summed E-state index contributed by atoms with van der Waals surface area (Å²) < 4.78 is 5.52. The van der Waals surface area contributed by atoms with E-state index >= 15 is 0 Å². The largest absolute Gasteiger partial charge is 0.444 e. The molecule has 2 aliphatic rings. The number of fused-ring (bicyclic) bond motifs is 1. The molecule has 1 saturated heterocycles. The maximum atomic E-state index is 12.3. The van der Waals surface area contributed by atoms with Crippen LogP contribution in [0.25, 0.3) is 0 Å². The molecule has 0 N–H and O–H groups in total. The normalized spacial score (nSPS) is 21.4. The van der Waals surface area contributed by atoms with Crippen LogP contribution in [0.5, 0.6) is 0 Å². The van der Waals surface area contributed by atoms with Crippen molar-refractivity contribution in [3.8, 4) is 0 Å². The number of aryl methyl sites for hydroxylation is 2. The summed E-state index contributed by atoms with van der Waals surface area (Å²) in [7, 11) is 0. The molecule has 1 aliphatic carbocycles. The van der Waals surface area contributed by atoms with E-state index in [9.17, 15) is 4.79 Å². The van der Waals surface area contributed by atoms with Crippen molar-refractivity contribution in [2.75, 3.05) is 24.5 Å². The summed E-state index contributed by atoms with van der Waals surface area (Å²) in [6.07, 6.45) is 6.71. The number of hydrogen-bond donors (Lipinski definition) is 0. The van der Waals surface area contributed by atoms with Gasteiger partial charge in [0.05, 0.1) is 0 Å². The molecule has 0 bridgehead atoms. The minimum absolute atomic E-state index is 0.117. The van der Waals surface area contributed by atoms with Gasteiger partial charge in [0.2, 0.25) is 0 Å². The van der Waals surface area contributed by atoms with Crippen LogP contribution in [0, 0.1) is 0 Å². The van der Waals surface area contributed by atoms with Gasteiger partial charge in [0.25, 0.3) is 0 Å². The van der Waals surface area contributed by atoms with Crippen molar-refractivity contribution >= 4 is 11.9 Å². The summed E-state index contributed by atoms with van der Waals surface area (Å²) in [5, 5.41) is 0. The number of carbonyl (C=O) groups excluding carboxylic acids is 1. The zero-order valence-electron chi connectivity index (χ0n) is 15.3.